The Labute approximate surface area is 179 Å². The highest BCUT2D eigenvalue weighted by Crippen LogP contribution is 2.22. The third kappa shape index (κ3) is 6.11. The maximum Gasteiger partial charge on any atom is 0.251 e. The Hall–Kier alpha value is -1.79. The van der Waals surface area contributed by atoms with E-state index < -0.39 is 0 Å². The zero-order chi connectivity index (χ0) is 18.5. The molecule has 3 rings (SSSR count). The van der Waals surface area contributed by atoms with Crippen LogP contribution in [0.25, 0.3) is 0 Å². The molecule has 1 atom stereocenters. The zero-order valence-corrected chi connectivity index (χ0v) is 17.9. The molecule has 1 unspecified atom stereocenters. The van der Waals surface area contributed by atoms with E-state index in [1.54, 1.807) is 6.07 Å². The van der Waals surface area contributed by atoms with Crippen LogP contribution in [-0.2, 0) is 4.74 Å². The summed E-state index contributed by atoms with van der Waals surface area (Å²) in [4.78, 5) is 15.1. The lowest BCUT2D eigenvalue weighted by Crippen LogP contribution is -2.43. The third-order valence-electron chi connectivity index (χ3n) is 4.88. The second-order valence-corrected chi connectivity index (χ2v) is 6.86. The number of nitrogens with zero attached hydrogens (tertiary/aromatic N) is 1. The number of ether oxygens (including phenoxy) is 1. The smallest absolute Gasteiger partial charge is 0.251 e. The van der Waals surface area contributed by atoms with Crippen molar-refractivity contribution >= 4 is 36.4 Å². The first-order chi connectivity index (χ1) is 12.5. The van der Waals surface area contributed by atoms with Gasteiger partial charge in [0, 0.05) is 30.9 Å². The van der Waals surface area contributed by atoms with Gasteiger partial charge in [-0.3, -0.25) is 9.69 Å². The molecule has 28 heavy (non-hydrogen) atoms. The van der Waals surface area contributed by atoms with Crippen molar-refractivity contribution in [1.29, 1.82) is 0 Å². The summed E-state index contributed by atoms with van der Waals surface area (Å²) in [7, 11) is 0. The Morgan fingerprint density at radius 2 is 1.86 bits per heavy atom. The fourth-order valence-corrected chi connectivity index (χ4v) is 3.39. The molecule has 7 heteroatoms. The maximum atomic E-state index is 12.7. The molecule has 3 N–H and O–H groups in total. The number of hydrogen-bond acceptors (Lipinski definition) is 4. The summed E-state index contributed by atoms with van der Waals surface area (Å²) in [5.41, 5.74) is 10.4. The van der Waals surface area contributed by atoms with Crippen LogP contribution >= 0.6 is 24.8 Å². The highest BCUT2D eigenvalue weighted by Gasteiger charge is 2.23. The molecule has 0 saturated carbocycles. The molecular weight excluding hydrogens is 397 g/mol. The minimum atomic E-state index is -0.0827. The zero-order valence-electron chi connectivity index (χ0n) is 16.3. The number of benzene rings is 2. The third-order valence-corrected chi connectivity index (χ3v) is 4.88. The number of morpholine rings is 1. The number of nitrogens with one attached hydrogen (secondary N) is 1. The number of nitrogens with two attached hydrogens (primary N) is 1. The van der Waals surface area contributed by atoms with Crippen molar-refractivity contribution < 1.29 is 9.53 Å². The lowest BCUT2D eigenvalue weighted by molar-refractivity contribution is 0.0162. The van der Waals surface area contributed by atoms with Gasteiger partial charge in [-0.1, -0.05) is 35.9 Å². The van der Waals surface area contributed by atoms with Crippen molar-refractivity contribution in [3.05, 3.63) is 64.7 Å². The molecule has 1 aliphatic heterocycles. The van der Waals surface area contributed by atoms with E-state index in [0.29, 0.717) is 17.8 Å². The Balaban J connectivity index is 0.00000196. The predicted octanol–water partition coefficient (Wildman–Crippen LogP) is 3.53. The summed E-state index contributed by atoms with van der Waals surface area (Å²) < 4.78 is 5.49. The summed E-state index contributed by atoms with van der Waals surface area (Å²) in [5.74, 6) is -0.0827. The van der Waals surface area contributed by atoms with Crippen molar-refractivity contribution in [3.63, 3.8) is 0 Å². The summed E-state index contributed by atoms with van der Waals surface area (Å²) >= 11 is 0. The van der Waals surface area contributed by atoms with Gasteiger partial charge < -0.3 is 15.8 Å². The fraction of sp³-hybridized carbons (Fsp3) is 0.381. The van der Waals surface area contributed by atoms with Crippen LogP contribution in [0.4, 0.5) is 5.69 Å². The van der Waals surface area contributed by atoms with E-state index in [-0.39, 0.29) is 36.8 Å². The van der Waals surface area contributed by atoms with Crippen LogP contribution in [0.15, 0.2) is 42.5 Å². The van der Waals surface area contributed by atoms with Crippen LogP contribution in [0.2, 0.25) is 0 Å². The number of nitrogen functional groups attached to an aromatic ring is 1. The van der Waals surface area contributed by atoms with Gasteiger partial charge in [0.1, 0.15) is 0 Å². The number of aryl methyl sites for hydroxylation is 2. The minimum Gasteiger partial charge on any atom is -0.399 e. The molecule has 0 radical (unpaired) electrons. The fourth-order valence-electron chi connectivity index (χ4n) is 3.39. The highest BCUT2D eigenvalue weighted by molar-refractivity contribution is 5.96. The van der Waals surface area contributed by atoms with Gasteiger partial charge in [-0.2, -0.15) is 0 Å². The monoisotopic (exact) mass is 425 g/mol. The van der Waals surface area contributed by atoms with Crippen LogP contribution in [-0.4, -0.2) is 43.7 Å². The average molecular weight is 426 g/mol. The molecule has 1 saturated heterocycles. The van der Waals surface area contributed by atoms with Crippen LogP contribution < -0.4 is 11.1 Å². The van der Waals surface area contributed by atoms with E-state index in [0.717, 1.165) is 31.9 Å². The van der Waals surface area contributed by atoms with Gasteiger partial charge >= 0.3 is 0 Å². The van der Waals surface area contributed by atoms with Crippen LogP contribution in [0.3, 0.4) is 0 Å². The minimum absolute atomic E-state index is 0. The maximum absolute atomic E-state index is 12.7. The lowest BCUT2D eigenvalue weighted by Gasteiger charge is -2.35. The van der Waals surface area contributed by atoms with Gasteiger partial charge in [-0.15, -0.1) is 24.8 Å². The Bertz CT molecular complexity index is 780. The van der Waals surface area contributed by atoms with Gasteiger partial charge in [0.25, 0.3) is 5.91 Å². The van der Waals surface area contributed by atoms with E-state index in [1.165, 1.54) is 11.1 Å². The van der Waals surface area contributed by atoms with E-state index in [4.69, 9.17) is 10.5 Å². The van der Waals surface area contributed by atoms with Crippen molar-refractivity contribution in [1.82, 2.24) is 10.2 Å². The summed E-state index contributed by atoms with van der Waals surface area (Å²) in [6.07, 6.45) is 0. The molecule has 1 amide bonds. The number of rotatable bonds is 5. The second-order valence-electron chi connectivity index (χ2n) is 6.86. The molecule has 2 aromatic rings. The molecule has 0 bridgehead atoms. The number of carbonyl (C=O) groups excluding carboxylic acids is 1. The van der Waals surface area contributed by atoms with Crippen LogP contribution in [0, 0.1) is 13.8 Å². The Morgan fingerprint density at radius 1 is 1.14 bits per heavy atom. The second kappa shape index (κ2) is 11.3. The molecule has 0 spiro atoms. The van der Waals surface area contributed by atoms with E-state index in [9.17, 15) is 4.79 Å². The number of carbonyl (C=O) groups is 1. The van der Waals surface area contributed by atoms with Gasteiger partial charge in [-0.25, -0.2) is 0 Å². The quantitative estimate of drug-likeness (QED) is 0.718. The molecular formula is C21H29Cl2N3O2. The first kappa shape index (κ1) is 24.2. The topological polar surface area (TPSA) is 67.6 Å². The summed E-state index contributed by atoms with van der Waals surface area (Å²) in [5, 5.41) is 3.11. The Kier molecular flexibility index (Phi) is 9.76. The van der Waals surface area contributed by atoms with Crippen molar-refractivity contribution in [2.45, 2.75) is 19.9 Å². The van der Waals surface area contributed by atoms with Crippen molar-refractivity contribution in [3.8, 4) is 0 Å². The molecule has 5 nitrogen and oxygen atoms in total. The summed E-state index contributed by atoms with van der Waals surface area (Å²) in [6, 6.07) is 14.0. The standard InChI is InChI=1S/C21H27N3O2.2ClH/c1-15-4-3-5-17(12-15)20(24-8-10-26-11-9-24)14-23-21(25)19-13-18(22)7-6-16(19)2;;/h3-7,12-13,20H,8-11,14,22H2,1-2H3,(H,23,25);2*1H. The van der Waals surface area contributed by atoms with E-state index in [1.807, 2.05) is 19.1 Å². The molecule has 1 aliphatic rings. The summed E-state index contributed by atoms with van der Waals surface area (Å²) in [6.45, 7) is 7.76. The van der Waals surface area contributed by atoms with E-state index in [2.05, 4.69) is 41.4 Å². The van der Waals surface area contributed by atoms with Gasteiger partial charge in [0.05, 0.1) is 19.3 Å². The first-order valence-corrected chi connectivity index (χ1v) is 9.07. The van der Waals surface area contributed by atoms with Crippen LogP contribution in [0.1, 0.15) is 33.1 Å². The molecule has 1 fully saturated rings. The van der Waals surface area contributed by atoms with Crippen molar-refractivity contribution in [2.24, 2.45) is 0 Å². The normalized spacial score (nSPS) is 15.1. The van der Waals surface area contributed by atoms with Crippen LogP contribution in [0.5, 0.6) is 0 Å². The van der Waals surface area contributed by atoms with E-state index >= 15 is 0 Å². The van der Waals surface area contributed by atoms with Gasteiger partial charge in [-0.05, 0) is 37.1 Å². The SMILES string of the molecule is Cc1cccc(C(CNC(=O)c2cc(N)ccc2C)N2CCOCC2)c1.Cl.Cl. The average Bonchev–Trinajstić information content (AvgIpc) is 2.65. The molecule has 1 heterocycles. The molecule has 0 aromatic heterocycles. The largest absolute Gasteiger partial charge is 0.399 e. The molecule has 0 aliphatic carbocycles. The van der Waals surface area contributed by atoms with Crippen molar-refractivity contribution in [2.75, 3.05) is 38.6 Å². The highest BCUT2D eigenvalue weighted by atomic mass is 35.5. The predicted molar refractivity (Wildman–Crippen MR) is 119 cm³/mol. The molecule has 2 aromatic carbocycles. The van der Waals surface area contributed by atoms with Gasteiger partial charge in [0.2, 0.25) is 0 Å². The van der Waals surface area contributed by atoms with Gasteiger partial charge in [0.15, 0.2) is 0 Å². The molecule has 154 valence electrons. The number of halogens is 2. The lowest BCUT2D eigenvalue weighted by atomic mass is 10.0. The number of anilines is 1. The number of hydrogen-bond donors (Lipinski definition) is 2. The number of amides is 1. The Morgan fingerprint density at radius 3 is 2.54 bits per heavy atom. The first-order valence-electron chi connectivity index (χ1n) is 9.07.